The molecule has 0 aliphatic carbocycles. The Morgan fingerprint density at radius 2 is 1.95 bits per heavy atom. The van der Waals surface area contributed by atoms with Crippen LogP contribution in [0.15, 0.2) is 40.9 Å². The van der Waals surface area contributed by atoms with Crippen molar-refractivity contribution < 1.29 is 19.1 Å². The second-order valence-corrected chi connectivity index (χ2v) is 5.56. The van der Waals surface area contributed by atoms with E-state index in [2.05, 4.69) is 30.7 Å². The van der Waals surface area contributed by atoms with Crippen molar-refractivity contribution in [1.29, 1.82) is 0 Å². The van der Waals surface area contributed by atoms with Gasteiger partial charge in [-0.05, 0) is 17.5 Å². The predicted molar refractivity (Wildman–Crippen MR) is 87.4 cm³/mol. The Labute approximate surface area is 138 Å². The van der Waals surface area contributed by atoms with Crippen molar-refractivity contribution in [3.63, 3.8) is 0 Å². The zero-order valence-corrected chi connectivity index (χ0v) is 14.4. The molecule has 0 radical (unpaired) electrons. The van der Waals surface area contributed by atoms with E-state index in [1.165, 1.54) is 14.2 Å². The fourth-order valence-corrected chi connectivity index (χ4v) is 2.51. The summed E-state index contributed by atoms with van der Waals surface area (Å²) in [6.07, 6.45) is 3.30. The van der Waals surface area contributed by atoms with Gasteiger partial charge < -0.3 is 14.8 Å². The molecule has 1 amide bonds. The molecule has 2 atom stereocenters. The molecule has 1 N–H and O–H groups in total. The van der Waals surface area contributed by atoms with Gasteiger partial charge in [-0.25, -0.2) is 4.79 Å². The van der Waals surface area contributed by atoms with Gasteiger partial charge in [-0.15, -0.1) is 0 Å². The number of amides is 1. The molecule has 22 heavy (non-hydrogen) atoms. The van der Waals surface area contributed by atoms with E-state index in [4.69, 9.17) is 0 Å². The molecule has 6 heteroatoms. The normalized spacial score (nSPS) is 13.5. The van der Waals surface area contributed by atoms with Crippen LogP contribution in [0, 0.1) is 5.92 Å². The molecule has 0 spiro atoms. The highest BCUT2D eigenvalue weighted by Gasteiger charge is 2.22. The number of hydrogen-bond donors (Lipinski definition) is 1. The number of halogens is 1. The predicted octanol–water partition coefficient (Wildman–Crippen LogP) is 3.60. The molecule has 0 aliphatic heterocycles. The Balaban J connectivity index is 2.92. The second-order valence-electron chi connectivity index (χ2n) is 4.70. The third kappa shape index (κ3) is 5.52. The summed E-state index contributed by atoms with van der Waals surface area (Å²) >= 11 is 3.49. The van der Waals surface area contributed by atoms with Gasteiger partial charge in [0.05, 0.1) is 26.7 Å². The van der Waals surface area contributed by atoms with Crippen molar-refractivity contribution in [2.45, 2.75) is 19.4 Å². The van der Waals surface area contributed by atoms with Crippen molar-refractivity contribution in [2.24, 2.45) is 5.92 Å². The number of rotatable bonds is 6. The summed E-state index contributed by atoms with van der Waals surface area (Å²) in [7, 11) is 2.67. The molecule has 1 aromatic rings. The van der Waals surface area contributed by atoms with Crippen molar-refractivity contribution in [3.8, 4) is 0 Å². The van der Waals surface area contributed by atoms with Gasteiger partial charge in [-0.2, -0.15) is 0 Å². The Morgan fingerprint density at radius 1 is 1.27 bits per heavy atom. The minimum absolute atomic E-state index is 0.0394. The van der Waals surface area contributed by atoms with Crippen LogP contribution in [-0.4, -0.2) is 26.3 Å². The molecule has 0 saturated heterocycles. The number of nitrogens with one attached hydrogen (secondary N) is 1. The summed E-state index contributed by atoms with van der Waals surface area (Å²) in [5.74, 6) is -0.343. The zero-order chi connectivity index (χ0) is 16.5. The summed E-state index contributed by atoms with van der Waals surface area (Å²) in [5.41, 5.74) is 0.933. The first kappa shape index (κ1) is 18.2. The first-order chi connectivity index (χ1) is 10.5. The zero-order valence-electron chi connectivity index (χ0n) is 12.8. The maximum atomic E-state index is 11.6. The molecule has 120 valence electrons. The summed E-state index contributed by atoms with van der Waals surface area (Å²) in [6, 6.07) is 7.36. The molecular weight excluding hydrogens is 350 g/mol. The number of carbonyl (C=O) groups is 2. The van der Waals surface area contributed by atoms with E-state index in [9.17, 15) is 9.59 Å². The molecule has 1 rings (SSSR count). The molecule has 0 bridgehead atoms. The summed E-state index contributed by atoms with van der Waals surface area (Å²) in [5, 5.41) is 2.82. The van der Waals surface area contributed by atoms with Crippen LogP contribution in [0.5, 0.6) is 0 Å². The Hall–Kier alpha value is -1.82. The topological polar surface area (TPSA) is 64.6 Å². The van der Waals surface area contributed by atoms with Crippen LogP contribution in [0.2, 0.25) is 0 Å². The number of alkyl carbamates (subject to hydrolysis) is 1. The van der Waals surface area contributed by atoms with Crippen molar-refractivity contribution in [3.05, 3.63) is 46.5 Å². The van der Waals surface area contributed by atoms with Crippen LogP contribution in [-0.2, 0) is 14.3 Å². The Bertz CT molecular complexity index is 545. The quantitative estimate of drug-likeness (QED) is 0.614. The van der Waals surface area contributed by atoms with Gasteiger partial charge in [0, 0.05) is 4.47 Å². The first-order valence-corrected chi connectivity index (χ1v) is 7.61. The third-order valence-electron chi connectivity index (χ3n) is 3.18. The lowest BCUT2D eigenvalue weighted by Gasteiger charge is -2.24. The van der Waals surface area contributed by atoms with Crippen LogP contribution in [0.1, 0.15) is 24.9 Å². The van der Waals surface area contributed by atoms with Gasteiger partial charge >= 0.3 is 12.1 Å². The Morgan fingerprint density at radius 3 is 2.55 bits per heavy atom. The molecule has 1 aromatic carbocycles. The number of benzene rings is 1. The lowest BCUT2D eigenvalue weighted by atomic mass is 9.94. The number of ether oxygens (including phenoxy) is 2. The molecule has 0 unspecified atom stereocenters. The summed E-state index contributed by atoms with van der Waals surface area (Å²) in [6.45, 7) is 1.95. The van der Waals surface area contributed by atoms with E-state index in [0.29, 0.717) is 0 Å². The number of methoxy groups -OCH3 is 2. The fourth-order valence-electron chi connectivity index (χ4n) is 1.98. The molecular formula is C16H20BrNO4. The average Bonchev–Trinajstić information content (AvgIpc) is 2.52. The molecule has 0 heterocycles. The highest BCUT2D eigenvalue weighted by molar-refractivity contribution is 9.10. The van der Waals surface area contributed by atoms with E-state index in [1.807, 2.05) is 37.3 Å². The van der Waals surface area contributed by atoms with Crippen LogP contribution < -0.4 is 5.32 Å². The maximum absolute atomic E-state index is 11.6. The van der Waals surface area contributed by atoms with E-state index in [-0.39, 0.29) is 24.3 Å². The van der Waals surface area contributed by atoms with Crippen molar-refractivity contribution in [1.82, 2.24) is 5.32 Å². The molecule has 0 aromatic heterocycles. The minimum atomic E-state index is -0.506. The van der Waals surface area contributed by atoms with Gasteiger partial charge in [0.1, 0.15) is 0 Å². The summed E-state index contributed by atoms with van der Waals surface area (Å²) < 4.78 is 10.2. The number of esters is 1. The van der Waals surface area contributed by atoms with Crippen LogP contribution in [0.4, 0.5) is 4.79 Å². The first-order valence-electron chi connectivity index (χ1n) is 6.82. The molecule has 0 fully saturated rings. The second kappa shape index (κ2) is 9.25. The fraction of sp³-hybridized carbons (Fsp3) is 0.375. The minimum Gasteiger partial charge on any atom is -0.469 e. The van der Waals surface area contributed by atoms with Crippen LogP contribution in [0.25, 0.3) is 0 Å². The molecule has 0 aliphatic rings. The summed E-state index contributed by atoms with van der Waals surface area (Å²) in [4.78, 5) is 22.7. The smallest absolute Gasteiger partial charge is 0.407 e. The maximum Gasteiger partial charge on any atom is 0.407 e. The highest BCUT2D eigenvalue weighted by atomic mass is 79.9. The van der Waals surface area contributed by atoms with E-state index in [0.717, 1.165) is 10.0 Å². The van der Waals surface area contributed by atoms with Crippen LogP contribution >= 0.6 is 15.9 Å². The van der Waals surface area contributed by atoms with Gasteiger partial charge in [0.2, 0.25) is 0 Å². The average molecular weight is 370 g/mol. The molecule has 5 nitrogen and oxygen atoms in total. The van der Waals surface area contributed by atoms with Gasteiger partial charge in [-0.1, -0.05) is 53.2 Å². The van der Waals surface area contributed by atoms with E-state index < -0.39 is 6.09 Å². The SMILES string of the molecule is COC(=O)C/C=C\[C@@H](C)[C@H](NC(=O)OC)c1ccccc1Br. The monoisotopic (exact) mass is 369 g/mol. The van der Waals surface area contributed by atoms with Crippen molar-refractivity contribution >= 4 is 28.0 Å². The largest absolute Gasteiger partial charge is 0.469 e. The molecule has 0 saturated carbocycles. The lowest BCUT2D eigenvalue weighted by Crippen LogP contribution is -2.32. The number of carbonyl (C=O) groups excluding carboxylic acids is 2. The Kier molecular flexibility index (Phi) is 7.66. The lowest BCUT2D eigenvalue weighted by molar-refractivity contribution is -0.139. The van der Waals surface area contributed by atoms with Gasteiger partial charge in [-0.3, -0.25) is 4.79 Å². The van der Waals surface area contributed by atoms with E-state index >= 15 is 0 Å². The van der Waals surface area contributed by atoms with Crippen molar-refractivity contribution in [2.75, 3.05) is 14.2 Å². The third-order valence-corrected chi connectivity index (χ3v) is 3.90. The van der Waals surface area contributed by atoms with Crippen LogP contribution in [0.3, 0.4) is 0 Å². The highest BCUT2D eigenvalue weighted by Crippen LogP contribution is 2.29. The van der Waals surface area contributed by atoms with Gasteiger partial charge in [0.25, 0.3) is 0 Å². The number of hydrogen-bond acceptors (Lipinski definition) is 4. The van der Waals surface area contributed by atoms with Gasteiger partial charge in [0.15, 0.2) is 0 Å². The standard InChI is InChI=1S/C16H20BrNO4/c1-11(7-6-10-14(19)21-2)15(18-16(20)22-3)12-8-4-5-9-13(12)17/h4-9,11,15H,10H2,1-3H3,(H,18,20)/b7-6-/t11-,15+/m1/s1. The van der Waals surface area contributed by atoms with E-state index in [1.54, 1.807) is 6.08 Å².